The van der Waals surface area contributed by atoms with E-state index < -0.39 is 0 Å². The van der Waals surface area contributed by atoms with Crippen LogP contribution in [0.3, 0.4) is 0 Å². The number of hydrogen-bond donors (Lipinski definition) is 1. The number of aryl methyl sites for hydroxylation is 3. The highest BCUT2D eigenvalue weighted by Crippen LogP contribution is 2.29. The van der Waals surface area contributed by atoms with E-state index in [1.54, 1.807) is 23.0 Å². The van der Waals surface area contributed by atoms with Crippen LogP contribution in [0, 0.1) is 12.8 Å². The second kappa shape index (κ2) is 9.78. The summed E-state index contributed by atoms with van der Waals surface area (Å²) in [6, 6.07) is 12.0. The number of pyridine rings is 2. The Hall–Kier alpha value is -3.45. The lowest BCUT2D eigenvalue weighted by atomic mass is 9.85. The molecule has 3 heterocycles. The second-order valence-electron chi connectivity index (χ2n) is 10.4. The lowest BCUT2D eigenvalue weighted by Gasteiger charge is -2.29. The quantitative estimate of drug-likeness (QED) is 0.404. The highest BCUT2D eigenvalue weighted by Gasteiger charge is 2.26. The SMILES string of the molecule is Cc1ncc(Cl)cc1C(=O)N[C@H]1CC[C@H](Cn2c(=O)n(-c3ccc4c(c3)CCC4)c3ncccc32)CC1. The van der Waals surface area contributed by atoms with Crippen molar-refractivity contribution in [3.63, 3.8) is 0 Å². The smallest absolute Gasteiger partial charge is 0.334 e. The van der Waals surface area contributed by atoms with Gasteiger partial charge in [-0.25, -0.2) is 14.3 Å². The monoisotopic (exact) mass is 515 g/mol. The zero-order valence-corrected chi connectivity index (χ0v) is 21.7. The number of carbonyl (C=O) groups is 1. The van der Waals surface area contributed by atoms with Gasteiger partial charge in [-0.3, -0.25) is 14.3 Å². The molecule has 6 rings (SSSR count). The third kappa shape index (κ3) is 4.57. The van der Waals surface area contributed by atoms with E-state index in [4.69, 9.17) is 11.6 Å². The van der Waals surface area contributed by atoms with Crippen LogP contribution < -0.4 is 11.0 Å². The lowest BCUT2D eigenvalue weighted by molar-refractivity contribution is 0.0919. The van der Waals surface area contributed by atoms with E-state index in [-0.39, 0.29) is 17.6 Å². The van der Waals surface area contributed by atoms with Gasteiger partial charge in [0.2, 0.25) is 0 Å². The van der Waals surface area contributed by atoms with E-state index in [1.807, 2.05) is 23.6 Å². The van der Waals surface area contributed by atoms with E-state index in [9.17, 15) is 9.59 Å². The van der Waals surface area contributed by atoms with Gasteiger partial charge >= 0.3 is 5.69 Å². The maximum Gasteiger partial charge on any atom is 0.334 e. The number of amides is 1. The maximum atomic E-state index is 13.7. The fourth-order valence-electron chi connectivity index (χ4n) is 5.94. The fraction of sp³-hybridized carbons (Fsp3) is 0.379. The number of imidazole rings is 1. The fourth-order valence-corrected chi connectivity index (χ4v) is 6.10. The van der Waals surface area contributed by atoms with Crippen molar-refractivity contribution >= 4 is 28.7 Å². The molecule has 0 spiro atoms. The van der Waals surface area contributed by atoms with E-state index in [0.717, 1.165) is 49.7 Å². The minimum Gasteiger partial charge on any atom is -0.349 e. The molecule has 190 valence electrons. The molecule has 0 unspecified atom stereocenters. The second-order valence-corrected chi connectivity index (χ2v) is 10.8. The number of fused-ring (bicyclic) bond motifs is 2. The number of rotatable bonds is 5. The molecule has 2 aliphatic rings. The van der Waals surface area contributed by atoms with E-state index in [1.165, 1.54) is 17.5 Å². The molecule has 0 atom stereocenters. The standard InChI is InChI=1S/C29H30ClN5O2/c1-18-25(15-22(30)16-32-18)28(36)33-23-10-7-19(8-11-23)17-34-26-6-3-13-31-27(26)35(29(34)37)24-12-9-20-4-2-5-21(20)14-24/h3,6,9,12-16,19,23H,2,4-5,7-8,10-11,17H2,1H3,(H,33,36)/t19-,23-. The predicted octanol–water partition coefficient (Wildman–Crippen LogP) is 5.02. The maximum absolute atomic E-state index is 13.7. The van der Waals surface area contributed by atoms with Gasteiger partial charge in [0, 0.05) is 25.0 Å². The molecule has 4 aromatic rings. The average molecular weight is 516 g/mol. The van der Waals surface area contributed by atoms with Crippen molar-refractivity contribution < 1.29 is 4.79 Å². The van der Waals surface area contributed by atoms with Gasteiger partial charge < -0.3 is 5.32 Å². The van der Waals surface area contributed by atoms with Crippen molar-refractivity contribution in [2.24, 2.45) is 5.92 Å². The topological polar surface area (TPSA) is 81.8 Å². The van der Waals surface area contributed by atoms with Crippen LogP contribution in [0.4, 0.5) is 0 Å². The third-order valence-electron chi connectivity index (χ3n) is 7.95. The molecule has 37 heavy (non-hydrogen) atoms. The summed E-state index contributed by atoms with van der Waals surface area (Å²) in [4.78, 5) is 35.3. The van der Waals surface area contributed by atoms with Crippen molar-refractivity contribution in [1.29, 1.82) is 0 Å². The summed E-state index contributed by atoms with van der Waals surface area (Å²) in [7, 11) is 0. The van der Waals surface area contributed by atoms with Gasteiger partial charge in [0.15, 0.2) is 5.65 Å². The highest BCUT2D eigenvalue weighted by atomic mass is 35.5. The van der Waals surface area contributed by atoms with Gasteiger partial charge in [-0.05, 0) is 99.2 Å². The van der Waals surface area contributed by atoms with E-state index in [0.29, 0.717) is 34.4 Å². The molecule has 3 aromatic heterocycles. The van der Waals surface area contributed by atoms with Crippen molar-refractivity contribution in [3.8, 4) is 5.69 Å². The molecule has 1 N–H and O–H groups in total. The van der Waals surface area contributed by atoms with Crippen molar-refractivity contribution in [3.05, 3.63) is 86.7 Å². The summed E-state index contributed by atoms with van der Waals surface area (Å²) < 4.78 is 3.65. The third-order valence-corrected chi connectivity index (χ3v) is 8.16. The molecule has 1 fully saturated rings. The molecule has 1 saturated carbocycles. The molecule has 1 aromatic carbocycles. The Balaban J connectivity index is 1.19. The molecule has 0 aliphatic heterocycles. The first-order chi connectivity index (χ1) is 18.0. The molecular formula is C29H30ClN5O2. The molecule has 0 saturated heterocycles. The van der Waals surface area contributed by atoms with Crippen LogP contribution >= 0.6 is 11.6 Å². The summed E-state index contributed by atoms with van der Waals surface area (Å²) in [6.07, 6.45) is 10.3. The van der Waals surface area contributed by atoms with Crippen molar-refractivity contribution in [2.45, 2.75) is 64.5 Å². The van der Waals surface area contributed by atoms with Gasteiger partial charge in [0.25, 0.3) is 5.91 Å². The Labute approximate surface area is 220 Å². The van der Waals surface area contributed by atoms with Gasteiger partial charge in [0.1, 0.15) is 0 Å². The van der Waals surface area contributed by atoms with Crippen LogP contribution in [-0.2, 0) is 19.4 Å². The number of benzene rings is 1. The Morgan fingerprint density at radius 2 is 1.89 bits per heavy atom. The number of aromatic nitrogens is 4. The zero-order valence-electron chi connectivity index (χ0n) is 20.9. The summed E-state index contributed by atoms with van der Waals surface area (Å²) in [5, 5.41) is 3.61. The minimum atomic E-state index is -0.129. The number of nitrogens with zero attached hydrogens (tertiary/aromatic N) is 4. The van der Waals surface area contributed by atoms with E-state index in [2.05, 4.69) is 33.5 Å². The number of nitrogens with one attached hydrogen (secondary N) is 1. The first-order valence-electron chi connectivity index (χ1n) is 13.1. The first kappa shape index (κ1) is 23.9. The average Bonchev–Trinajstić information content (AvgIpc) is 3.48. The Bertz CT molecular complexity index is 1550. The summed E-state index contributed by atoms with van der Waals surface area (Å²) in [5.41, 5.74) is 6.35. The molecular weight excluding hydrogens is 486 g/mol. The molecule has 7 nitrogen and oxygen atoms in total. The Morgan fingerprint density at radius 3 is 2.73 bits per heavy atom. The highest BCUT2D eigenvalue weighted by molar-refractivity contribution is 6.30. The number of carbonyl (C=O) groups excluding carboxylic acids is 1. The van der Waals surface area contributed by atoms with Gasteiger partial charge in [-0.15, -0.1) is 0 Å². The van der Waals surface area contributed by atoms with Crippen LogP contribution in [0.5, 0.6) is 0 Å². The van der Waals surface area contributed by atoms with Crippen molar-refractivity contribution in [2.75, 3.05) is 0 Å². The Morgan fingerprint density at radius 1 is 1.08 bits per heavy atom. The summed E-state index contributed by atoms with van der Waals surface area (Å²) in [6.45, 7) is 2.46. The number of hydrogen-bond acceptors (Lipinski definition) is 4. The molecule has 8 heteroatoms. The summed E-state index contributed by atoms with van der Waals surface area (Å²) >= 11 is 6.04. The molecule has 0 bridgehead atoms. The van der Waals surface area contributed by atoms with Gasteiger partial charge in [0.05, 0.1) is 27.5 Å². The van der Waals surface area contributed by atoms with E-state index >= 15 is 0 Å². The minimum absolute atomic E-state index is 0.0361. The van der Waals surface area contributed by atoms with Crippen LogP contribution in [0.25, 0.3) is 16.9 Å². The lowest BCUT2D eigenvalue weighted by Crippen LogP contribution is -2.39. The van der Waals surface area contributed by atoms with Gasteiger partial charge in [-0.2, -0.15) is 0 Å². The predicted molar refractivity (Wildman–Crippen MR) is 145 cm³/mol. The molecule has 0 radical (unpaired) electrons. The van der Waals surface area contributed by atoms with Gasteiger partial charge in [-0.1, -0.05) is 17.7 Å². The first-order valence-corrected chi connectivity index (χ1v) is 13.5. The largest absolute Gasteiger partial charge is 0.349 e. The van der Waals surface area contributed by atoms with Crippen LogP contribution in [-0.4, -0.2) is 31.1 Å². The van der Waals surface area contributed by atoms with Crippen molar-refractivity contribution in [1.82, 2.24) is 24.4 Å². The van der Waals surface area contributed by atoms with Crippen LogP contribution in [0.2, 0.25) is 5.02 Å². The van der Waals surface area contributed by atoms with Crippen LogP contribution in [0.15, 0.2) is 53.6 Å². The summed E-state index contributed by atoms with van der Waals surface area (Å²) in [5.74, 6) is 0.232. The van der Waals surface area contributed by atoms with Crippen LogP contribution in [0.1, 0.15) is 59.3 Å². The Kier molecular flexibility index (Phi) is 6.32. The normalized spacial score (nSPS) is 19.2. The zero-order chi connectivity index (χ0) is 25.5. The number of halogens is 1. The molecule has 2 aliphatic carbocycles. The molecule has 1 amide bonds.